The van der Waals surface area contributed by atoms with Crippen LogP contribution in [0.25, 0.3) is 10.4 Å². The van der Waals surface area contributed by atoms with E-state index in [1.807, 2.05) is 32.0 Å². The lowest BCUT2D eigenvalue weighted by atomic mass is 9.91. The second kappa shape index (κ2) is 3.57. The molecular formula is C11H13N3O. The van der Waals surface area contributed by atoms with Crippen LogP contribution in [0.1, 0.15) is 25.0 Å². The third kappa shape index (κ3) is 1.96. The van der Waals surface area contributed by atoms with Gasteiger partial charge in [0, 0.05) is 17.0 Å². The fourth-order valence-corrected chi connectivity index (χ4v) is 1.85. The first-order valence-electron chi connectivity index (χ1n) is 4.92. The Hall–Kier alpha value is -1.51. The van der Waals surface area contributed by atoms with Crippen molar-refractivity contribution >= 4 is 5.69 Å². The summed E-state index contributed by atoms with van der Waals surface area (Å²) < 4.78 is 5.69. The first-order chi connectivity index (χ1) is 7.12. The predicted molar refractivity (Wildman–Crippen MR) is 57.8 cm³/mol. The predicted octanol–water partition coefficient (Wildman–Crippen LogP) is 3.48. The third-order valence-electron chi connectivity index (χ3n) is 2.62. The molecule has 1 aromatic rings. The Morgan fingerprint density at radius 3 is 3.00 bits per heavy atom. The van der Waals surface area contributed by atoms with Crippen LogP contribution in [-0.2, 0) is 17.8 Å². The Balaban J connectivity index is 2.49. The van der Waals surface area contributed by atoms with Gasteiger partial charge in [-0.25, -0.2) is 0 Å². The maximum absolute atomic E-state index is 8.48. The van der Waals surface area contributed by atoms with Crippen LogP contribution in [0.2, 0.25) is 0 Å². The Morgan fingerprint density at radius 2 is 2.27 bits per heavy atom. The van der Waals surface area contributed by atoms with Crippen LogP contribution >= 0.6 is 0 Å². The highest BCUT2D eigenvalue weighted by Gasteiger charge is 2.27. The van der Waals surface area contributed by atoms with Gasteiger partial charge >= 0.3 is 0 Å². The van der Waals surface area contributed by atoms with Gasteiger partial charge in [0.05, 0.1) is 12.2 Å². The minimum Gasteiger partial charge on any atom is -0.371 e. The van der Waals surface area contributed by atoms with Gasteiger partial charge in [-0.2, -0.15) is 0 Å². The monoisotopic (exact) mass is 203 g/mol. The maximum Gasteiger partial charge on any atom is 0.0727 e. The molecular weight excluding hydrogens is 190 g/mol. The Bertz CT molecular complexity index is 433. The van der Waals surface area contributed by atoms with E-state index in [4.69, 9.17) is 10.3 Å². The zero-order chi connectivity index (χ0) is 10.9. The van der Waals surface area contributed by atoms with Crippen LogP contribution in [0.4, 0.5) is 5.69 Å². The fourth-order valence-electron chi connectivity index (χ4n) is 1.85. The Morgan fingerprint density at radius 1 is 1.47 bits per heavy atom. The van der Waals surface area contributed by atoms with Crippen molar-refractivity contribution in [2.45, 2.75) is 32.5 Å². The number of ether oxygens (including phenoxy) is 1. The van der Waals surface area contributed by atoms with Gasteiger partial charge in [0.15, 0.2) is 0 Å². The third-order valence-corrected chi connectivity index (χ3v) is 2.62. The Labute approximate surface area is 88.5 Å². The minimum absolute atomic E-state index is 0.173. The number of fused-ring (bicyclic) bond motifs is 1. The van der Waals surface area contributed by atoms with Gasteiger partial charge in [-0.15, -0.1) is 0 Å². The largest absolute Gasteiger partial charge is 0.371 e. The number of benzene rings is 1. The van der Waals surface area contributed by atoms with Crippen LogP contribution < -0.4 is 0 Å². The van der Waals surface area contributed by atoms with Gasteiger partial charge < -0.3 is 4.74 Å². The van der Waals surface area contributed by atoms with Gasteiger partial charge in [0.1, 0.15) is 0 Å². The zero-order valence-electron chi connectivity index (χ0n) is 8.90. The van der Waals surface area contributed by atoms with E-state index in [-0.39, 0.29) is 5.60 Å². The van der Waals surface area contributed by atoms with Crippen molar-refractivity contribution in [3.63, 3.8) is 0 Å². The summed E-state index contributed by atoms with van der Waals surface area (Å²) in [4.78, 5) is 2.85. The van der Waals surface area contributed by atoms with Gasteiger partial charge in [-0.1, -0.05) is 23.3 Å². The topological polar surface area (TPSA) is 58.0 Å². The van der Waals surface area contributed by atoms with Crippen molar-refractivity contribution in [1.82, 2.24) is 0 Å². The smallest absolute Gasteiger partial charge is 0.0727 e. The van der Waals surface area contributed by atoms with Crippen LogP contribution in [0.15, 0.2) is 23.3 Å². The van der Waals surface area contributed by atoms with E-state index in [0.717, 1.165) is 23.2 Å². The first kappa shape index (κ1) is 10.0. The summed E-state index contributed by atoms with van der Waals surface area (Å²) in [5.41, 5.74) is 11.3. The molecule has 15 heavy (non-hydrogen) atoms. The molecule has 1 heterocycles. The maximum atomic E-state index is 8.48. The van der Waals surface area contributed by atoms with Crippen LogP contribution in [0, 0.1) is 0 Å². The highest BCUT2D eigenvalue weighted by molar-refractivity contribution is 5.51. The number of hydrogen-bond acceptors (Lipinski definition) is 2. The normalized spacial score (nSPS) is 17.7. The first-order valence-corrected chi connectivity index (χ1v) is 4.92. The van der Waals surface area contributed by atoms with Gasteiger partial charge in [0.2, 0.25) is 0 Å². The molecule has 0 saturated carbocycles. The number of nitrogens with zero attached hydrogens (tertiary/aromatic N) is 3. The van der Waals surface area contributed by atoms with Crippen molar-refractivity contribution < 1.29 is 4.74 Å². The molecule has 0 atom stereocenters. The van der Waals surface area contributed by atoms with Crippen molar-refractivity contribution in [1.29, 1.82) is 0 Å². The van der Waals surface area contributed by atoms with Crippen molar-refractivity contribution in [3.8, 4) is 0 Å². The van der Waals surface area contributed by atoms with Gasteiger partial charge in [-0.3, -0.25) is 0 Å². The van der Waals surface area contributed by atoms with Gasteiger partial charge in [0.25, 0.3) is 0 Å². The van der Waals surface area contributed by atoms with Gasteiger partial charge in [-0.05, 0) is 30.5 Å². The quantitative estimate of drug-likeness (QED) is 0.391. The Kier molecular flexibility index (Phi) is 2.39. The van der Waals surface area contributed by atoms with E-state index in [1.165, 1.54) is 0 Å². The molecule has 78 valence electrons. The fraction of sp³-hybridized carbons (Fsp3) is 0.455. The second-order valence-corrected chi connectivity index (χ2v) is 4.33. The molecule has 1 aliphatic rings. The molecule has 0 aromatic heterocycles. The number of azide groups is 1. The highest BCUT2D eigenvalue weighted by atomic mass is 16.5. The van der Waals surface area contributed by atoms with Crippen LogP contribution in [-0.4, -0.2) is 5.60 Å². The molecule has 2 rings (SSSR count). The zero-order valence-corrected chi connectivity index (χ0v) is 8.90. The molecule has 4 heteroatoms. The average molecular weight is 203 g/mol. The molecule has 4 nitrogen and oxygen atoms in total. The molecule has 0 aliphatic carbocycles. The molecule has 0 bridgehead atoms. The molecule has 0 unspecified atom stereocenters. The molecule has 0 radical (unpaired) electrons. The second-order valence-electron chi connectivity index (χ2n) is 4.33. The molecule has 0 saturated heterocycles. The van der Waals surface area contributed by atoms with Crippen molar-refractivity contribution in [2.24, 2.45) is 5.11 Å². The molecule has 1 aromatic carbocycles. The summed E-state index contributed by atoms with van der Waals surface area (Å²) in [6, 6.07) is 5.76. The lowest BCUT2D eigenvalue weighted by Crippen LogP contribution is -2.31. The summed E-state index contributed by atoms with van der Waals surface area (Å²) in [6.45, 7) is 4.68. The van der Waals surface area contributed by atoms with E-state index in [1.54, 1.807) is 0 Å². The SMILES string of the molecule is CC1(C)Cc2c(cccc2N=[N+]=[N-])CO1. The summed E-state index contributed by atoms with van der Waals surface area (Å²) in [7, 11) is 0. The molecule has 1 aliphatic heterocycles. The van der Waals surface area contributed by atoms with E-state index in [9.17, 15) is 0 Å². The molecule has 0 spiro atoms. The number of hydrogen-bond donors (Lipinski definition) is 0. The molecule has 0 fully saturated rings. The van der Waals surface area contributed by atoms with Crippen LogP contribution in [0.5, 0.6) is 0 Å². The van der Waals surface area contributed by atoms with Crippen molar-refractivity contribution in [2.75, 3.05) is 0 Å². The molecule has 0 amide bonds. The van der Waals surface area contributed by atoms with Crippen LogP contribution in [0.3, 0.4) is 0 Å². The van der Waals surface area contributed by atoms with E-state index >= 15 is 0 Å². The molecule has 0 N–H and O–H groups in total. The average Bonchev–Trinajstić information content (AvgIpc) is 2.18. The lowest BCUT2D eigenvalue weighted by Gasteiger charge is -2.32. The number of rotatable bonds is 1. The minimum atomic E-state index is -0.173. The van der Waals surface area contributed by atoms with Crippen molar-refractivity contribution in [3.05, 3.63) is 39.8 Å². The van der Waals surface area contributed by atoms with E-state index in [2.05, 4.69) is 10.0 Å². The summed E-state index contributed by atoms with van der Waals surface area (Å²) >= 11 is 0. The summed E-state index contributed by atoms with van der Waals surface area (Å²) in [5.74, 6) is 0. The van der Waals surface area contributed by atoms with E-state index < -0.39 is 0 Å². The van der Waals surface area contributed by atoms with E-state index in [0.29, 0.717) is 6.61 Å². The lowest BCUT2D eigenvalue weighted by molar-refractivity contribution is -0.0399. The summed E-state index contributed by atoms with van der Waals surface area (Å²) in [5, 5.41) is 3.71. The standard InChI is InChI=1S/C11H13N3O/c1-11(2)6-9-8(7-15-11)4-3-5-10(9)13-14-12/h3-5H,6-7H2,1-2H3. The summed E-state index contributed by atoms with van der Waals surface area (Å²) in [6.07, 6.45) is 0.789. The highest BCUT2D eigenvalue weighted by Crippen LogP contribution is 2.33.